The molecule has 37 heavy (non-hydrogen) atoms. The van der Waals surface area contributed by atoms with Gasteiger partial charge in [0.1, 0.15) is 12.8 Å². The molecule has 4 N–H and O–H groups in total. The number of carbonyl (C=O) groups excluding carboxylic acids is 1. The van der Waals surface area contributed by atoms with E-state index < -0.39 is 18.2 Å². The summed E-state index contributed by atoms with van der Waals surface area (Å²) in [7, 11) is 0. The highest BCUT2D eigenvalue weighted by atomic mass is 35.5. The van der Waals surface area contributed by atoms with E-state index in [0.717, 1.165) is 25.7 Å². The van der Waals surface area contributed by atoms with E-state index in [1.807, 2.05) is 53.4 Å². The molecule has 2 aliphatic rings. The largest absolute Gasteiger partial charge is 0.374 e. The molecule has 0 radical (unpaired) electrons. The van der Waals surface area contributed by atoms with E-state index in [1.165, 1.54) is 0 Å². The second kappa shape index (κ2) is 11.5. The molecule has 1 aromatic heterocycles. The van der Waals surface area contributed by atoms with Crippen molar-refractivity contribution in [2.45, 2.75) is 62.6 Å². The van der Waals surface area contributed by atoms with Gasteiger partial charge in [0.25, 0.3) is 5.91 Å². The number of benzene rings is 2. The van der Waals surface area contributed by atoms with Crippen LogP contribution < -0.4 is 11.2 Å². The molecule has 5 atom stereocenters. The summed E-state index contributed by atoms with van der Waals surface area (Å²) in [6.07, 6.45) is 4.40. The number of aliphatic hydroxyl groups is 1. The van der Waals surface area contributed by atoms with Crippen molar-refractivity contribution in [2.75, 3.05) is 0 Å². The minimum Gasteiger partial charge on any atom is -0.374 e. The zero-order valence-electron chi connectivity index (χ0n) is 20.3. The van der Waals surface area contributed by atoms with E-state index in [0.29, 0.717) is 32.4 Å². The lowest BCUT2D eigenvalue weighted by Crippen LogP contribution is -2.56. The van der Waals surface area contributed by atoms with Crippen molar-refractivity contribution in [3.63, 3.8) is 0 Å². The number of amides is 1. The standard InChI is InChI=1S/C28H30Cl2N4O3/c29-17-12-13-21(22(30)15-17)26-25(27(35)33-37-16-18-7-5-6-14-32-18)19-8-1-2-9-20(19)28(36)34(26)24-11-4-3-10-23(24)31/h1-2,5-9,12-15,23-26,28,36H,3-4,10-11,16,31H2,(H,33,35)/t23-,24?,25+,26-,28?/m1/s1. The van der Waals surface area contributed by atoms with Crippen molar-refractivity contribution in [3.05, 3.63) is 99.3 Å². The van der Waals surface area contributed by atoms with Gasteiger partial charge in [-0.25, -0.2) is 5.48 Å². The Hall–Kier alpha value is -2.52. The number of hydroxylamine groups is 1. The van der Waals surface area contributed by atoms with Crippen LogP contribution >= 0.6 is 23.2 Å². The highest BCUT2D eigenvalue weighted by Gasteiger charge is 2.49. The first-order chi connectivity index (χ1) is 18.0. The normalized spacial score (nSPS) is 25.9. The molecular weight excluding hydrogens is 511 g/mol. The number of nitrogens with one attached hydrogen (secondary N) is 1. The maximum atomic E-state index is 13.9. The van der Waals surface area contributed by atoms with Gasteiger partial charge in [0.2, 0.25) is 0 Å². The Morgan fingerprint density at radius 3 is 2.54 bits per heavy atom. The smallest absolute Gasteiger partial charge is 0.253 e. The summed E-state index contributed by atoms with van der Waals surface area (Å²) >= 11 is 13.0. The van der Waals surface area contributed by atoms with E-state index in [2.05, 4.69) is 10.5 Å². The van der Waals surface area contributed by atoms with Crippen molar-refractivity contribution in [3.8, 4) is 0 Å². The molecule has 5 rings (SSSR count). The Balaban J connectivity index is 1.57. The Kier molecular flexibility index (Phi) is 8.09. The lowest BCUT2D eigenvalue weighted by Gasteiger charge is -2.51. The lowest BCUT2D eigenvalue weighted by molar-refractivity contribution is -0.144. The van der Waals surface area contributed by atoms with Gasteiger partial charge >= 0.3 is 0 Å². The number of carbonyl (C=O) groups is 1. The summed E-state index contributed by atoms with van der Waals surface area (Å²) in [6.45, 7) is 0.118. The zero-order valence-corrected chi connectivity index (χ0v) is 21.8. The highest BCUT2D eigenvalue weighted by molar-refractivity contribution is 6.35. The molecule has 1 aliphatic heterocycles. The molecule has 1 fully saturated rings. The molecule has 2 unspecified atom stereocenters. The average molecular weight is 541 g/mol. The molecule has 1 aliphatic carbocycles. The molecule has 194 valence electrons. The Morgan fingerprint density at radius 2 is 1.81 bits per heavy atom. The van der Waals surface area contributed by atoms with Gasteiger partial charge in [-0.2, -0.15) is 0 Å². The summed E-state index contributed by atoms with van der Waals surface area (Å²) in [5.74, 6) is -1.07. The number of hydrogen-bond donors (Lipinski definition) is 3. The van der Waals surface area contributed by atoms with Crippen molar-refractivity contribution >= 4 is 29.1 Å². The zero-order chi connectivity index (χ0) is 25.9. The number of aliphatic hydroxyl groups excluding tert-OH is 1. The van der Waals surface area contributed by atoms with Crippen LogP contribution in [0.3, 0.4) is 0 Å². The Morgan fingerprint density at radius 1 is 1.05 bits per heavy atom. The van der Waals surface area contributed by atoms with Crippen LogP contribution in [0.5, 0.6) is 0 Å². The van der Waals surface area contributed by atoms with Crippen molar-refractivity contribution in [1.29, 1.82) is 0 Å². The van der Waals surface area contributed by atoms with Gasteiger partial charge in [-0.1, -0.05) is 72.4 Å². The van der Waals surface area contributed by atoms with Gasteiger partial charge in [0, 0.05) is 28.3 Å². The second-order valence-electron chi connectivity index (χ2n) is 9.63. The number of rotatable bonds is 6. The Bertz CT molecular complexity index is 1250. The first kappa shape index (κ1) is 26.1. The number of aromatic nitrogens is 1. The van der Waals surface area contributed by atoms with Gasteiger partial charge in [0.15, 0.2) is 0 Å². The van der Waals surface area contributed by atoms with E-state index in [4.69, 9.17) is 33.8 Å². The number of pyridine rings is 1. The third kappa shape index (κ3) is 5.39. The predicted octanol–water partition coefficient (Wildman–Crippen LogP) is 5.04. The molecule has 0 saturated heterocycles. The fraction of sp³-hybridized carbons (Fsp3) is 0.357. The van der Waals surface area contributed by atoms with Gasteiger partial charge in [-0.05, 0) is 53.8 Å². The van der Waals surface area contributed by atoms with E-state index >= 15 is 0 Å². The van der Waals surface area contributed by atoms with Crippen molar-refractivity contribution in [2.24, 2.45) is 5.73 Å². The van der Waals surface area contributed by atoms with Crippen molar-refractivity contribution in [1.82, 2.24) is 15.4 Å². The molecule has 0 bridgehead atoms. The summed E-state index contributed by atoms with van der Waals surface area (Å²) in [5, 5.41) is 12.6. The number of hydrogen-bond acceptors (Lipinski definition) is 6. The van der Waals surface area contributed by atoms with Crippen LogP contribution in [0.2, 0.25) is 10.0 Å². The van der Waals surface area contributed by atoms with Gasteiger partial charge in [0.05, 0.1) is 17.7 Å². The molecule has 2 aromatic carbocycles. The third-order valence-electron chi connectivity index (χ3n) is 7.38. The van der Waals surface area contributed by atoms with Crippen LogP contribution in [0, 0.1) is 0 Å². The van der Waals surface area contributed by atoms with Crippen LogP contribution in [0.15, 0.2) is 66.9 Å². The van der Waals surface area contributed by atoms with Gasteiger partial charge in [-0.15, -0.1) is 0 Å². The molecule has 7 nitrogen and oxygen atoms in total. The van der Waals surface area contributed by atoms with Crippen molar-refractivity contribution < 1.29 is 14.7 Å². The minimum absolute atomic E-state index is 0.118. The number of halogens is 2. The van der Waals surface area contributed by atoms with Crippen LogP contribution in [0.1, 0.15) is 66.3 Å². The maximum absolute atomic E-state index is 13.9. The Labute approximate surface area is 226 Å². The fourth-order valence-electron chi connectivity index (χ4n) is 5.68. The molecule has 2 heterocycles. The van der Waals surface area contributed by atoms with E-state index in [1.54, 1.807) is 18.3 Å². The predicted molar refractivity (Wildman–Crippen MR) is 143 cm³/mol. The lowest BCUT2D eigenvalue weighted by atomic mass is 9.76. The number of fused-ring (bicyclic) bond motifs is 1. The van der Waals surface area contributed by atoms with E-state index in [9.17, 15) is 9.90 Å². The first-order valence-electron chi connectivity index (χ1n) is 12.5. The molecule has 1 saturated carbocycles. The molecule has 1 amide bonds. The third-order valence-corrected chi connectivity index (χ3v) is 7.94. The first-order valence-corrected chi connectivity index (χ1v) is 13.3. The molecule has 9 heteroatoms. The summed E-state index contributed by atoms with van der Waals surface area (Å²) in [6, 6.07) is 17.3. The fourth-order valence-corrected chi connectivity index (χ4v) is 6.20. The van der Waals surface area contributed by atoms with Crippen LogP contribution in [0.25, 0.3) is 0 Å². The van der Waals surface area contributed by atoms with Crippen LogP contribution in [0.4, 0.5) is 0 Å². The quantitative estimate of drug-likeness (QED) is 0.378. The SMILES string of the molecule is N[C@@H]1CCCCC1N1C(O)c2ccccc2[C@H](C(=O)NOCc2ccccn2)[C@H]1c1ccc(Cl)cc1Cl. The molecule has 0 spiro atoms. The monoisotopic (exact) mass is 540 g/mol. The number of nitrogens with two attached hydrogens (primary N) is 1. The highest BCUT2D eigenvalue weighted by Crippen LogP contribution is 2.51. The minimum atomic E-state index is -0.958. The van der Waals surface area contributed by atoms with E-state index in [-0.39, 0.29) is 24.6 Å². The van der Waals surface area contributed by atoms with Gasteiger partial charge in [-0.3, -0.25) is 19.5 Å². The summed E-state index contributed by atoms with van der Waals surface area (Å²) in [5.41, 5.74) is 12.0. The van der Waals surface area contributed by atoms with Crippen LogP contribution in [-0.2, 0) is 16.2 Å². The second-order valence-corrected chi connectivity index (χ2v) is 10.5. The topological polar surface area (TPSA) is 101 Å². The average Bonchev–Trinajstić information content (AvgIpc) is 2.90. The summed E-state index contributed by atoms with van der Waals surface area (Å²) in [4.78, 5) is 25.7. The molecule has 3 aromatic rings. The van der Waals surface area contributed by atoms with Crippen LogP contribution in [-0.4, -0.2) is 33.0 Å². The molecular formula is C28H30Cl2N4O3. The maximum Gasteiger partial charge on any atom is 0.253 e. The van der Waals surface area contributed by atoms with Gasteiger partial charge < -0.3 is 10.8 Å². The summed E-state index contributed by atoms with van der Waals surface area (Å²) < 4.78 is 0. The number of nitrogens with zero attached hydrogens (tertiary/aromatic N) is 2.